The molecule has 3 heterocycles. The van der Waals surface area contributed by atoms with Crippen LogP contribution < -0.4 is 10.9 Å². The van der Waals surface area contributed by atoms with Gasteiger partial charge < -0.3 is 19.0 Å². The van der Waals surface area contributed by atoms with E-state index in [1.165, 1.54) is 0 Å². The number of ether oxygens (including phenoxy) is 1. The average molecular weight is 341 g/mol. The molecule has 0 atom stereocenters. The first-order valence-electron chi connectivity index (χ1n) is 7.90. The van der Waals surface area contributed by atoms with Gasteiger partial charge in [-0.15, -0.1) is 0 Å². The van der Waals surface area contributed by atoms with Crippen LogP contribution in [0.4, 0.5) is 0 Å². The number of aryl methyl sites for hydroxylation is 1. The second-order valence-corrected chi connectivity index (χ2v) is 5.62. The highest BCUT2D eigenvalue weighted by Crippen LogP contribution is 2.14. The van der Waals surface area contributed by atoms with Gasteiger partial charge in [-0.3, -0.25) is 14.6 Å². The van der Waals surface area contributed by atoms with Gasteiger partial charge in [0.15, 0.2) is 0 Å². The van der Waals surface area contributed by atoms with E-state index in [2.05, 4.69) is 10.3 Å². The van der Waals surface area contributed by atoms with Crippen molar-refractivity contribution in [2.45, 2.75) is 20.0 Å². The topological polar surface area (TPSA) is 86.4 Å². The lowest BCUT2D eigenvalue weighted by atomic mass is 10.1. The minimum Gasteiger partial charge on any atom is -0.467 e. The van der Waals surface area contributed by atoms with Crippen LogP contribution >= 0.6 is 0 Å². The number of fused-ring (bicyclic) bond motifs is 1. The number of amides is 1. The molecular formula is C18H19N3O4. The molecule has 3 rings (SSSR count). The van der Waals surface area contributed by atoms with Crippen LogP contribution in [-0.4, -0.2) is 29.2 Å². The Kier molecular flexibility index (Phi) is 4.95. The summed E-state index contributed by atoms with van der Waals surface area (Å²) in [5.41, 5.74) is 1.32. The predicted molar refractivity (Wildman–Crippen MR) is 92.5 cm³/mol. The number of methoxy groups -OCH3 is 1. The molecule has 0 aliphatic rings. The molecule has 1 N–H and O–H groups in total. The first-order valence-corrected chi connectivity index (χ1v) is 7.90. The zero-order valence-corrected chi connectivity index (χ0v) is 14.1. The Hall–Kier alpha value is -2.93. The normalized spacial score (nSPS) is 11.0. The van der Waals surface area contributed by atoms with Crippen LogP contribution in [0.25, 0.3) is 10.9 Å². The van der Waals surface area contributed by atoms with E-state index in [1.54, 1.807) is 55.3 Å². The van der Waals surface area contributed by atoms with Crippen LogP contribution in [0.3, 0.4) is 0 Å². The van der Waals surface area contributed by atoms with E-state index < -0.39 is 0 Å². The molecular weight excluding hydrogens is 322 g/mol. The highest BCUT2D eigenvalue weighted by Gasteiger charge is 2.14. The van der Waals surface area contributed by atoms with Gasteiger partial charge in [-0.05, 0) is 31.2 Å². The van der Waals surface area contributed by atoms with Crippen LogP contribution in [-0.2, 0) is 17.8 Å². The van der Waals surface area contributed by atoms with Crippen LogP contribution in [0.5, 0.6) is 0 Å². The molecule has 0 aliphatic carbocycles. The smallest absolute Gasteiger partial charge is 0.260 e. The number of carbonyl (C=O) groups is 1. The molecule has 0 spiro atoms. The fourth-order valence-corrected chi connectivity index (χ4v) is 2.58. The number of aromatic nitrogens is 2. The molecule has 7 nitrogen and oxygen atoms in total. The maximum Gasteiger partial charge on any atom is 0.260 e. The Balaban J connectivity index is 1.91. The molecule has 7 heteroatoms. The van der Waals surface area contributed by atoms with Crippen molar-refractivity contribution in [3.05, 3.63) is 64.1 Å². The lowest BCUT2D eigenvalue weighted by Gasteiger charge is -2.10. The van der Waals surface area contributed by atoms with E-state index >= 15 is 0 Å². The van der Waals surface area contributed by atoms with Crippen LogP contribution in [0.1, 0.15) is 21.8 Å². The Morgan fingerprint density at radius 2 is 2.24 bits per heavy atom. The standard InChI is InChI=1S/C18H19N3O4/c1-12-14(17(22)19-11-13-4-3-8-25-13)10-15-16(20-12)5-6-21(18(15)23)7-9-24-2/h3-6,8,10H,7,9,11H2,1-2H3,(H,19,22). The number of hydrogen-bond acceptors (Lipinski definition) is 5. The summed E-state index contributed by atoms with van der Waals surface area (Å²) >= 11 is 0. The molecule has 0 fully saturated rings. The molecule has 0 aromatic carbocycles. The maximum absolute atomic E-state index is 12.6. The van der Waals surface area contributed by atoms with Gasteiger partial charge in [-0.25, -0.2) is 0 Å². The van der Waals surface area contributed by atoms with Gasteiger partial charge in [0, 0.05) is 19.9 Å². The largest absolute Gasteiger partial charge is 0.467 e. The van der Waals surface area contributed by atoms with Crippen LogP contribution in [0.2, 0.25) is 0 Å². The Morgan fingerprint density at radius 3 is 2.96 bits per heavy atom. The number of carbonyl (C=O) groups excluding carboxylic acids is 1. The van der Waals surface area contributed by atoms with E-state index in [9.17, 15) is 9.59 Å². The fraction of sp³-hybridized carbons (Fsp3) is 0.278. The number of furan rings is 1. The van der Waals surface area contributed by atoms with Gasteiger partial charge in [0.2, 0.25) is 0 Å². The zero-order valence-electron chi connectivity index (χ0n) is 14.1. The first kappa shape index (κ1) is 16.9. The summed E-state index contributed by atoms with van der Waals surface area (Å²) in [6, 6.07) is 6.90. The summed E-state index contributed by atoms with van der Waals surface area (Å²) < 4.78 is 11.8. The Labute approximate surface area is 144 Å². The minimum absolute atomic E-state index is 0.192. The third-order valence-electron chi connectivity index (χ3n) is 3.93. The number of nitrogens with one attached hydrogen (secondary N) is 1. The Bertz CT molecular complexity index is 945. The summed E-state index contributed by atoms with van der Waals surface area (Å²) in [6.07, 6.45) is 3.24. The van der Waals surface area contributed by atoms with Crippen molar-refractivity contribution in [1.82, 2.24) is 14.9 Å². The zero-order chi connectivity index (χ0) is 17.8. The summed E-state index contributed by atoms with van der Waals surface area (Å²) in [7, 11) is 1.58. The molecule has 0 saturated carbocycles. The molecule has 3 aromatic heterocycles. The number of rotatable bonds is 6. The van der Waals surface area contributed by atoms with Gasteiger partial charge >= 0.3 is 0 Å². The van der Waals surface area contributed by atoms with Crippen molar-refractivity contribution >= 4 is 16.8 Å². The first-order chi connectivity index (χ1) is 12.1. The molecule has 0 radical (unpaired) electrons. The third-order valence-corrected chi connectivity index (χ3v) is 3.93. The number of pyridine rings is 2. The minimum atomic E-state index is -0.296. The monoisotopic (exact) mass is 341 g/mol. The molecule has 0 aliphatic heterocycles. The highest BCUT2D eigenvalue weighted by molar-refractivity contribution is 5.98. The summed E-state index contributed by atoms with van der Waals surface area (Å²) in [5.74, 6) is 0.358. The second kappa shape index (κ2) is 7.31. The van der Waals surface area contributed by atoms with Crippen LogP contribution in [0.15, 0.2) is 45.9 Å². The van der Waals surface area contributed by atoms with Crippen molar-refractivity contribution in [3.8, 4) is 0 Å². The van der Waals surface area contributed by atoms with E-state index in [0.717, 1.165) is 0 Å². The van der Waals surface area contributed by atoms with Crippen LogP contribution in [0, 0.1) is 6.92 Å². The van der Waals surface area contributed by atoms with E-state index in [-0.39, 0.29) is 18.0 Å². The molecule has 0 saturated heterocycles. The van der Waals surface area contributed by atoms with Crippen molar-refractivity contribution in [2.75, 3.05) is 13.7 Å². The van der Waals surface area contributed by atoms with Crippen molar-refractivity contribution < 1.29 is 13.9 Å². The number of nitrogens with zero attached hydrogens (tertiary/aromatic N) is 2. The van der Waals surface area contributed by atoms with Gasteiger partial charge in [-0.2, -0.15) is 0 Å². The van der Waals surface area contributed by atoms with Crippen molar-refractivity contribution in [3.63, 3.8) is 0 Å². The molecule has 0 unspecified atom stereocenters. The summed E-state index contributed by atoms with van der Waals surface area (Å²) in [5, 5.41) is 3.18. The molecule has 25 heavy (non-hydrogen) atoms. The SMILES string of the molecule is COCCn1ccc2nc(C)c(C(=O)NCc3ccco3)cc2c1=O. The molecule has 0 bridgehead atoms. The lowest BCUT2D eigenvalue weighted by Crippen LogP contribution is -2.25. The summed E-state index contributed by atoms with van der Waals surface area (Å²) in [4.78, 5) is 29.4. The molecule has 130 valence electrons. The lowest BCUT2D eigenvalue weighted by molar-refractivity contribution is 0.0947. The number of hydrogen-bond donors (Lipinski definition) is 1. The maximum atomic E-state index is 12.6. The summed E-state index contributed by atoms with van der Waals surface area (Å²) in [6.45, 7) is 2.90. The predicted octanol–water partition coefficient (Wildman–Crippen LogP) is 1.87. The average Bonchev–Trinajstić information content (AvgIpc) is 3.12. The molecule has 3 aromatic rings. The van der Waals surface area contributed by atoms with E-state index in [1.807, 2.05) is 0 Å². The van der Waals surface area contributed by atoms with E-state index in [4.69, 9.17) is 9.15 Å². The second-order valence-electron chi connectivity index (χ2n) is 5.62. The van der Waals surface area contributed by atoms with Crippen molar-refractivity contribution in [2.24, 2.45) is 0 Å². The molecule has 1 amide bonds. The highest BCUT2D eigenvalue weighted by atomic mass is 16.5. The van der Waals surface area contributed by atoms with Crippen molar-refractivity contribution in [1.29, 1.82) is 0 Å². The third kappa shape index (κ3) is 3.61. The fourth-order valence-electron chi connectivity index (χ4n) is 2.58. The van der Waals surface area contributed by atoms with Gasteiger partial charge in [0.25, 0.3) is 11.5 Å². The van der Waals surface area contributed by atoms with Gasteiger partial charge in [0.1, 0.15) is 5.76 Å². The van der Waals surface area contributed by atoms with E-state index in [0.29, 0.717) is 41.1 Å². The van der Waals surface area contributed by atoms with Gasteiger partial charge in [0.05, 0.1) is 41.6 Å². The Morgan fingerprint density at radius 1 is 1.40 bits per heavy atom. The van der Waals surface area contributed by atoms with Gasteiger partial charge in [-0.1, -0.05) is 0 Å². The quantitative estimate of drug-likeness (QED) is 0.740.